The maximum absolute atomic E-state index is 11.7. The summed E-state index contributed by atoms with van der Waals surface area (Å²) in [5.41, 5.74) is 0.564. The lowest BCUT2D eigenvalue weighted by Crippen LogP contribution is -2.39. The van der Waals surface area contributed by atoms with Crippen LogP contribution in [0.4, 0.5) is 4.79 Å². The lowest BCUT2D eigenvalue weighted by atomic mass is 10.1. The summed E-state index contributed by atoms with van der Waals surface area (Å²) in [5.74, 6) is 0.932. The second-order valence-electron chi connectivity index (χ2n) is 6.88. The fourth-order valence-electron chi connectivity index (χ4n) is 2.42. The van der Waals surface area contributed by atoms with Crippen molar-refractivity contribution >= 4 is 6.09 Å². The Morgan fingerprint density at radius 3 is 2.91 bits per heavy atom. The van der Waals surface area contributed by atoms with Gasteiger partial charge < -0.3 is 25.2 Å². The van der Waals surface area contributed by atoms with Gasteiger partial charge in [0.15, 0.2) is 0 Å². The number of ether oxygens (including phenoxy) is 2. The van der Waals surface area contributed by atoms with Gasteiger partial charge in [0.2, 0.25) is 0 Å². The quantitative estimate of drug-likeness (QED) is 0.777. The molecule has 1 aromatic carbocycles. The Balaban J connectivity index is 1.73. The van der Waals surface area contributed by atoms with Crippen molar-refractivity contribution in [1.29, 1.82) is 0 Å². The van der Waals surface area contributed by atoms with Gasteiger partial charge in [0.05, 0.1) is 6.04 Å². The van der Waals surface area contributed by atoms with Crippen LogP contribution in [0, 0.1) is 0 Å². The van der Waals surface area contributed by atoms with Gasteiger partial charge >= 0.3 is 6.09 Å². The third-order valence-electron chi connectivity index (χ3n) is 3.51. The number of hydrogen-bond donors (Lipinski definition) is 3. The van der Waals surface area contributed by atoms with Crippen molar-refractivity contribution < 1.29 is 19.4 Å². The van der Waals surface area contributed by atoms with Crippen molar-refractivity contribution in [3.63, 3.8) is 0 Å². The number of carbonyl (C=O) groups is 1. The minimum absolute atomic E-state index is 0.0129. The van der Waals surface area contributed by atoms with E-state index >= 15 is 0 Å². The van der Waals surface area contributed by atoms with Gasteiger partial charge in [-0.25, -0.2) is 4.79 Å². The van der Waals surface area contributed by atoms with Crippen LogP contribution in [-0.4, -0.2) is 36.0 Å². The summed E-state index contributed by atoms with van der Waals surface area (Å²) >= 11 is 0. The first-order valence-corrected chi connectivity index (χ1v) is 7.93. The van der Waals surface area contributed by atoms with E-state index in [1.54, 1.807) is 12.1 Å². The summed E-state index contributed by atoms with van der Waals surface area (Å²) in [6, 6.07) is 5.29. The van der Waals surface area contributed by atoms with Crippen LogP contribution in [0.3, 0.4) is 0 Å². The maximum atomic E-state index is 11.7. The van der Waals surface area contributed by atoms with Crippen LogP contribution >= 0.6 is 0 Å². The monoisotopic (exact) mass is 322 g/mol. The molecule has 1 aliphatic rings. The zero-order chi connectivity index (χ0) is 17.0. The molecule has 1 aliphatic heterocycles. The number of amides is 1. The Hall–Kier alpha value is -1.95. The third-order valence-corrected chi connectivity index (χ3v) is 3.51. The van der Waals surface area contributed by atoms with Crippen LogP contribution in [0.1, 0.15) is 45.7 Å². The van der Waals surface area contributed by atoms with Gasteiger partial charge in [-0.3, -0.25) is 0 Å². The van der Waals surface area contributed by atoms with E-state index in [-0.39, 0.29) is 17.8 Å². The second-order valence-corrected chi connectivity index (χ2v) is 6.88. The second kappa shape index (κ2) is 7.08. The van der Waals surface area contributed by atoms with Crippen LogP contribution in [-0.2, 0) is 4.74 Å². The number of aromatic hydroxyl groups is 1. The first kappa shape index (κ1) is 17.4. The highest BCUT2D eigenvalue weighted by Gasteiger charge is 2.24. The molecule has 6 heteroatoms. The van der Waals surface area contributed by atoms with Crippen molar-refractivity contribution in [2.24, 2.45) is 0 Å². The number of phenols is 1. The molecule has 0 saturated heterocycles. The molecule has 1 amide bonds. The average Bonchev–Trinajstić information content (AvgIpc) is 2.78. The molecule has 1 aromatic rings. The average molecular weight is 322 g/mol. The topological polar surface area (TPSA) is 79.8 Å². The van der Waals surface area contributed by atoms with Crippen LogP contribution < -0.4 is 15.4 Å². The SMILES string of the molecule is CC(CCNC1COc2cc(O)ccc21)NC(=O)OC(C)(C)C. The highest BCUT2D eigenvalue weighted by Crippen LogP contribution is 2.34. The van der Waals surface area contributed by atoms with E-state index in [1.165, 1.54) is 0 Å². The molecular weight excluding hydrogens is 296 g/mol. The predicted octanol–water partition coefficient (Wildman–Crippen LogP) is 2.72. The summed E-state index contributed by atoms with van der Waals surface area (Å²) in [6.45, 7) is 8.76. The molecular formula is C17H26N2O4. The number of hydrogen-bond acceptors (Lipinski definition) is 5. The molecule has 0 aromatic heterocycles. The molecule has 23 heavy (non-hydrogen) atoms. The Bertz CT molecular complexity index is 554. The van der Waals surface area contributed by atoms with E-state index < -0.39 is 11.7 Å². The van der Waals surface area contributed by atoms with E-state index in [1.807, 2.05) is 33.8 Å². The summed E-state index contributed by atoms with van der Waals surface area (Å²) in [4.78, 5) is 11.7. The van der Waals surface area contributed by atoms with Crippen LogP contribution in [0.5, 0.6) is 11.5 Å². The zero-order valence-corrected chi connectivity index (χ0v) is 14.2. The summed E-state index contributed by atoms with van der Waals surface area (Å²) in [5, 5.41) is 15.7. The number of carbonyl (C=O) groups excluding carboxylic acids is 1. The lowest BCUT2D eigenvalue weighted by Gasteiger charge is -2.22. The van der Waals surface area contributed by atoms with E-state index in [0.29, 0.717) is 6.61 Å². The van der Waals surface area contributed by atoms with E-state index in [2.05, 4.69) is 10.6 Å². The van der Waals surface area contributed by atoms with Gasteiger partial charge in [-0.15, -0.1) is 0 Å². The first-order chi connectivity index (χ1) is 10.7. The van der Waals surface area contributed by atoms with E-state index in [4.69, 9.17) is 9.47 Å². The predicted molar refractivity (Wildman–Crippen MR) is 87.8 cm³/mol. The largest absolute Gasteiger partial charge is 0.508 e. The summed E-state index contributed by atoms with van der Waals surface area (Å²) in [6.07, 6.45) is 0.387. The van der Waals surface area contributed by atoms with Crippen molar-refractivity contribution in [3.8, 4) is 11.5 Å². The number of benzene rings is 1. The first-order valence-electron chi connectivity index (χ1n) is 7.93. The van der Waals surface area contributed by atoms with Crippen molar-refractivity contribution in [2.45, 2.75) is 51.8 Å². The molecule has 6 nitrogen and oxygen atoms in total. The highest BCUT2D eigenvalue weighted by molar-refractivity contribution is 5.68. The molecule has 3 N–H and O–H groups in total. The van der Waals surface area contributed by atoms with E-state index in [9.17, 15) is 9.90 Å². The Labute approximate surface area is 137 Å². The lowest BCUT2D eigenvalue weighted by molar-refractivity contribution is 0.0506. The molecule has 2 rings (SSSR count). The number of fused-ring (bicyclic) bond motifs is 1. The van der Waals surface area contributed by atoms with Gasteiger partial charge in [-0.2, -0.15) is 0 Å². The van der Waals surface area contributed by atoms with Crippen LogP contribution in [0.2, 0.25) is 0 Å². The van der Waals surface area contributed by atoms with Crippen molar-refractivity contribution in [2.75, 3.05) is 13.2 Å². The molecule has 0 bridgehead atoms. The normalized spacial score (nSPS) is 18.0. The van der Waals surface area contributed by atoms with Gasteiger partial charge in [0.25, 0.3) is 0 Å². The summed E-state index contributed by atoms with van der Waals surface area (Å²) in [7, 11) is 0. The van der Waals surface area contributed by atoms with Crippen molar-refractivity contribution in [3.05, 3.63) is 23.8 Å². The van der Waals surface area contributed by atoms with Gasteiger partial charge in [0.1, 0.15) is 23.7 Å². The Morgan fingerprint density at radius 1 is 1.48 bits per heavy atom. The molecule has 128 valence electrons. The van der Waals surface area contributed by atoms with Crippen LogP contribution in [0.15, 0.2) is 18.2 Å². The molecule has 0 saturated carbocycles. The maximum Gasteiger partial charge on any atom is 0.407 e. The molecule has 0 radical (unpaired) electrons. The molecule has 0 aliphatic carbocycles. The van der Waals surface area contributed by atoms with Crippen molar-refractivity contribution in [1.82, 2.24) is 10.6 Å². The molecule has 1 heterocycles. The fourth-order valence-corrected chi connectivity index (χ4v) is 2.42. The Kier molecular flexibility index (Phi) is 5.36. The highest BCUT2D eigenvalue weighted by atomic mass is 16.6. The molecule has 2 unspecified atom stereocenters. The summed E-state index contributed by atoms with van der Waals surface area (Å²) < 4.78 is 10.8. The molecule has 0 fully saturated rings. The minimum atomic E-state index is -0.488. The molecule has 0 spiro atoms. The van der Waals surface area contributed by atoms with Crippen LogP contribution in [0.25, 0.3) is 0 Å². The van der Waals surface area contributed by atoms with Gasteiger partial charge in [0, 0.05) is 17.7 Å². The van der Waals surface area contributed by atoms with Gasteiger partial charge in [-0.1, -0.05) is 0 Å². The number of rotatable bonds is 5. The van der Waals surface area contributed by atoms with Gasteiger partial charge in [-0.05, 0) is 52.8 Å². The Morgan fingerprint density at radius 2 is 2.22 bits per heavy atom. The number of alkyl carbamates (subject to hydrolysis) is 1. The fraction of sp³-hybridized carbons (Fsp3) is 0.588. The minimum Gasteiger partial charge on any atom is -0.508 e. The third kappa shape index (κ3) is 5.32. The molecule has 2 atom stereocenters. The smallest absolute Gasteiger partial charge is 0.407 e. The number of nitrogens with one attached hydrogen (secondary N) is 2. The zero-order valence-electron chi connectivity index (χ0n) is 14.2. The van der Waals surface area contributed by atoms with E-state index in [0.717, 1.165) is 24.3 Å². The standard InChI is InChI=1S/C17H26N2O4/c1-11(19-16(21)23-17(2,3)4)7-8-18-14-10-22-15-9-12(20)5-6-13(14)15/h5-6,9,11,14,18,20H,7-8,10H2,1-4H3,(H,19,21). The number of phenolic OH excluding ortho intramolecular Hbond substituents is 1.